The number of nitrogens with one attached hydrogen (secondary N) is 4. The number of benzene rings is 2. The first-order valence-electron chi connectivity index (χ1n) is 18.1. The first-order chi connectivity index (χ1) is 24.8. The second kappa shape index (κ2) is 15.1. The Morgan fingerprint density at radius 2 is 2.00 bits per heavy atom. The molecule has 4 heterocycles. The number of aromatic nitrogens is 4. The fourth-order valence-corrected chi connectivity index (χ4v) is 8.72. The van der Waals surface area contributed by atoms with Crippen LogP contribution < -0.4 is 16.5 Å². The molecule has 1 aliphatic heterocycles. The van der Waals surface area contributed by atoms with Crippen LogP contribution in [0.3, 0.4) is 0 Å². The number of H-pyrrole nitrogens is 2. The maximum absolute atomic E-state index is 12.6. The molecule has 2 fully saturated rings. The van der Waals surface area contributed by atoms with Crippen molar-refractivity contribution in [2.24, 2.45) is 11.7 Å². The highest BCUT2D eigenvalue weighted by molar-refractivity contribution is 7.19. The van der Waals surface area contributed by atoms with Crippen molar-refractivity contribution in [2.75, 3.05) is 26.7 Å². The molecule has 0 spiro atoms. The summed E-state index contributed by atoms with van der Waals surface area (Å²) in [6, 6.07) is 13.1. The van der Waals surface area contributed by atoms with Gasteiger partial charge in [-0.05, 0) is 98.0 Å². The number of thiophene rings is 1. The van der Waals surface area contributed by atoms with E-state index in [-0.39, 0.29) is 36.4 Å². The highest BCUT2D eigenvalue weighted by Gasteiger charge is 2.33. The Bertz CT molecular complexity index is 2010. The van der Waals surface area contributed by atoms with Crippen molar-refractivity contribution in [1.82, 2.24) is 35.6 Å². The molecule has 7 N–H and O–H groups in total. The van der Waals surface area contributed by atoms with E-state index in [1.165, 1.54) is 36.0 Å². The minimum absolute atomic E-state index is 0.0616. The molecule has 12 nitrogen and oxygen atoms in total. The highest BCUT2D eigenvalue weighted by atomic mass is 32.1. The zero-order valence-electron chi connectivity index (χ0n) is 29.5. The van der Waals surface area contributed by atoms with Crippen LogP contribution in [0.1, 0.15) is 93.9 Å². The zero-order valence-corrected chi connectivity index (χ0v) is 30.3. The van der Waals surface area contributed by atoms with Gasteiger partial charge in [-0.25, -0.2) is 14.8 Å². The molecule has 1 unspecified atom stereocenters. The summed E-state index contributed by atoms with van der Waals surface area (Å²) in [5.41, 5.74) is 13.4. The molecule has 0 bridgehead atoms. The number of fused-ring (bicyclic) bond motifs is 3. The third kappa shape index (κ3) is 7.39. The average molecular weight is 713 g/mol. The Labute approximate surface area is 301 Å². The zero-order chi connectivity index (χ0) is 35.6. The van der Waals surface area contributed by atoms with Crippen LogP contribution in [0.5, 0.6) is 0 Å². The smallest absolute Gasteiger partial charge is 0.407 e. The van der Waals surface area contributed by atoms with E-state index in [1.54, 1.807) is 16.2 Å². The number of aromatic amines is 2. The molecular weight excluding hydrogens is 665 g/mol. The summed E-state index contributed by atoms with van der Waals surface area (Å²) in [5, 5.41) is 14.3. The van der Waals surface area contributed by atoms with Gasteiger partial charge in [0.1, 0.15) is 11.6 Å². The molecule has 13 heteroatoms. The van der Waals surface area contributed by atoms with Crippen molar-refractivity contribution in [1.29, 1.82) is 0 Å². The Morgan fingerprint density at radius 1 is 1.16 bits per heavy atom. The van der Waals surface area contributed by atoms with Crippen LogP contribution >= 0.6 is 11.3 Å². The summed E-state index contributed by atoms with van der Waals surface area (Å²) in [6.07, 6.45) is 8.06. The number of carbonyl (C=O) groups is 2. The van der Waals surface area contributed by atoms with Crippen LogP contribution in [0.4, 0.5) is 4.79 Å². The Hall–Kier alpha value is -4.30. The van der Waals surface area contributed by atoms with Crippen LogP contribution in [0.2, 0.25) is 0 Å². The van der Waals surface area contributed by atoms with Crippen molar-refractivity contribution >= 4 is 45.1 Å². The maximum atomic E-state index is 12.6. The molecule has 0 radical (unpaired) electrons. The van der Waals surface area contributed by atoms with E-state index >= 15 is 0 Å². The summed E-state index contributed by atoms with van der Waals surface area (Å²) >= 11 is 1.78. The van der Waals surface area contributed by atoms with Gasteiger partial charge in [-0.3, -0.25) is 4.79 Å². The van der Waals surface area contributed by atoms with Crippen molar-refractivity contribution in [3.05, 3.63) is 59.8 Å². The van der Waals surface area contributed by atoms with Crippen molar-refractivity contribution in [2.45, 2.75) is 82.7 Å². The molecule has 3 atom stereocenters. The predicted molar refractivity (Wildman–Crippen MR) is 200 cm³/mol. The monoisotopic (exact) mass is 712 g/mol. The van der Waals surface area contributed by atoms with Gasteiger partial charge in [0.2, 0.25) is 5.91 Å². The number of rotatable bonds is 14. The fraction of sp³-hybridized carbons (Fsp3) is 0.474. The number of methoxy groups -OCH3 is 1. The largest absolute Gasteiger partial charge is 0.453 e. The first-order valence-corrected chi connectivity index (χ1v) is 18.9. The van der Waals surface area contributed by atoms with Gasteiger partial charge in [0, 0.05) is 28.8 Å². The van der Waals surface area contributed by atoms with E-state index in [4.69, 9.17) is 25.6 Å². The second-order valence-electron chi connectivity index (χ2n) is 14.3. The van der Waals surface area contributed by atoms with Crippen LogP contribution in [-0.2, 0) is 9.53 Å². The molecule has 1 saturated heterocycles. The average Bonchev–Trinajstić information content (AvgIpc) is 3.55. The normalized spacial score (nSPS) is 17.5. The molecule has 270 valence electrons. The Balaban J connectivity index is 1.17. The number of ether oxygens (including phenoxy) is 1. The summed E-state index contributed by atoms with van der Waals surface area (Å²) in [5.74, 6) is 2.46. The Kier molecular flexibility index (Phi) is 10.4. The number of imidazole rings is 2. The first kappa shape index (κ1) is 35.1. The number of hydrogen-bond acceptors (Lipinski definition) is 9. The number of hydroxylamine groups is 1. The van der Waals surface area contributed by atoms with Crippen LogP contribution in [0, 0.1) is 5.92 Å². The molecule has 1 saturated carbocycles. The number of nitrogens with two attached hydrogens (primary N) is 1. The number of hydrogen-bond donors (Lipinski definition) is 6. The summed E-state index contributed by atoms with van der Waals surface area (Å²) in [4.78, 5) is 45.9. The Morgan fingerprint density at radius 3 is 2.75 bits per heavy atom. The lowest BCUT2D eigenvalue weighted by molar-refractivity contribution is -0.132. The van der Waals surface area contributed by atoms with Gasteiger partial charge in [-0.15, -0.1) is 11.3 Å². The molecule has 3 aromatic heterocycles. The molecule has 5 aromatic rings. The van der Waals surface area contributed by atoms with Crippen molar-refractivity contribution in [3.8, 4) is 21.0 Å². The summed E-state index contributed by atoms with van der Waals surface area (Å²) in [6.45, 7) is 5.36. The number of alkyl carbamates (subject to hydrolysis) is 1. The van der Waals surface area contributed by atoms with E-state index in [0.717, 1.165) is 76.1 Å². The lowest BCUT2D eigenvalue weighted by Crippen LogP contribution is -2.39. The lowest BCUT2D eigenvalue weighted by Gasteiger charge is -2.26. The quantitative estimate of drug-likeness (QED) is 0.0671. The van der Waals surface area contributed by atoms with E-state index in [1.807, 2.05) is 11.7 Å². The number of likely N-dealkylation sites (tertiary alicyclic amines) is 1. The SMILES string of the molecule is COC(=O)N[C@H](CC(CCCN)c1nc2c(ccc3cc(-c4sc(-c5cnc([C@@H]6CCCN6C(=O)CNO)[nH]5)cc4C4CC4)ccc32)[nH]1)C(C)C. The van der Waals surface area contributed by atoms with Gasteiger partial charge in [0.05, 0.1) is 47.5 Å². The fourth-order valence-electron chi connectivity index (χ4n) is 7.51. The van der Waals surface area contributed by atoms with Gasteiger partial charge in [-0.1, -0.05) is 32.0 Å². The van der Waals surface area contributed by atoms with E-state index in [2.05, 4.69) is 65.5 Å². The minimum atomic E-state index is -0.420. The van der Waals surface area contributed by atoms with Crippen molar-refractivity contribution < 1.29 is 19.5 Å². The van der Waals surface area contributed by atoms with E-state index in [0.29, 0.717) is 19.0 Å². The molecule has 1 aliphatic carbocycles. The summed E-state index contributed by atoms with van der Waals surface area (Å²) < 4.78 is 4.91. The van der Waals surface area contributed by atoms with Crippen molar-refractivity contribution in [3.63, 3.8) is 0 Å². The maximum Gasteiger partial charge on any atom is 0.407 e. The molecule has 51 heavy (non-hydrogen) atoms. The molecule has 7 rings (SSSR count). The highest BCUT2D eigenvalue weighted by Crippen LogP contribution is 2.50. The molecular formula is C38H48N8O4S. The van der Waals surface area contributed by atoms with Crippen LogP contribution in [-0.4, -0.2) is 74.8 Å². The molecule has 2 aliphatic rings. The third-order valence-corrected chi connectivity index (χ3v) is 11.7. The summed E-state index contributed by atoms with van der Waals surface area (Å²) in [7, 11) is 1.39. The van der Waals surface area contributed by atoms with E-state index < -0.39 is 6.09 Å². The van der Waals surface area contributed by atoms with Gasteiger partial charge in [-0.2, -0.15) is 5.48 Å². The van der Waals surface area contributed by atoms with Gasteiger partial charge in [0.15, 0.2) is 0 Å². The van der Waals surface area contributed by atoms with E-state index in [9.17, 15) is 9.59 Å². The molecule has 2 aromatic carbocycles. The topological polar surface area (TPSA) is 174 Å². The standard InChI is InChI=1S/C38H48N8O4S/c1-21(2)29(44-38(48)50-3)17-25(6-4-14-39)36-42-28-13-11-23-16-24(10-12-26(23)34(28)45-36)35-27(22-8-9-22)18-32(51-35)30-19-40-37(43-30)31-7-5-15-46(31)33(47)20-41-49/h10-13,16,18-19,21-22,25,29,31,41,49H,4-9,14-15,17,20,39H2,1-3H3,(H,40,43)(H,42,45)(H,44,48)/t25?,29-,31+/m1/s1. The van der Waals surface area contributed by atoms with Gasteiger partial charge < -0.3 is 35.9 Å². The lowest BCUT2D eigenvalue weighted by atomic mass is 9.89. The van der Waals surface area contributed by atoms with Gasteiger partial charge in [0.25, 0.3) is 0 Å². The van der Waals surface area contributed by atoms with Crippen LogP contribution in [0.15, 0.2) is 42.6 Å². The number of carbonyl (C=O) groups excluding carboxylic acids is 2. The number of amides is 2. The minimum Gasteiger partial charge on any atom is -0.453 e. The molecule has 2 amide bonds. The van der Waals surface area contributed by atoms with Gasteiger partial charge >= 0.3 is 6.09 Å². The second-order valence-corrected chi connectivity index (χ2v) is 15.4. The third-order valence-electron chi connectivity index (χ3n) is 10.5. The van der Waals surface area contributed by atoms with Crippen LogP contribution in [0.25, 0.3) is 42.8 Å². The predicted octanol–water partition coefficient (Wildman–Crippen LogP) is 6.95. The number of nitrogens with zero attached hydrogens (tertiary/aromatic N) is 3.